The number of rotatable bonds is 2. The first-order chi connectivity index (χ1) is 7.08. The zero-order chi connectivity index (χ0) is 12.7. The second-order valence-electron chi connectivity index (χ2n) is 6.51. The Kier molecular flexibility index (Phi) is 3.66. The van der Waals surface area contributed by atoms with E-state index < -0.39 is 0 Å². The van der Waals surface area contributed by atoms with Crippen molar-refractivity contribution in [2.45, 2.75) is 60.0 Å². The number of hydrogen-bond donors (Lipinski definition) is 0. The Morgan fingerprint density at radius 3 is 2.12 bits per heavy atom. The molecule has 0 radical (unpaired) electrons. The highest BCUT2D eigenvalue weighted by Crippen LogP contribution is 2.42. The van der Waals surface area contributed by atoms with E-state index in [4.69, 9.17) is 16.4 Å². The van der Waals surface area contributed by atoms with Crippen LogP contribution in [-0.2, 0) is 4.84 Å². The molecule has 0 aromatic heterocycles. The Hall–Kier alpha value is -0.210. The lowest BCUT2D eigenvalue weighted by molar-refractivity contribution is -0.202. The molecule has 1 rings (SSSR count). The van der Waals surface area contributed by atoms with E-state index in [2.05, 4.69) is 48.5 Å². The van der Waals surface area contributed by atoms with Crippen LogP contribution in [0, 0.1) is 11.3 Å². The summed E-state index contributed by atoms with van der Waals surface area (Å²) in [6, 6.07) is 0.131. The van der Waals surface area contributed by atoms with E-state index in [1.165, 1.54) is 0 Å². The number of hydroxylamine groups is 2. The fourth-order valence-corrected chi connectivity index (χ4v) is 2.29. The van der Waals surface area contributed by atoms with Gasteiger partial charge in [0.05, 0.1) is 16.6 Å². The van der Waals surface area contributed by atoms with Crippen LogP contribution in [0.1, 0.15) is 48.5 Å². The summed E-state index contributed by atoms with van der Waals surface area (Å²) in [7, 11) is 0. The summed E-state index contributed by atoms with van der Waals surface area (Å²) >= 11 is 6.26. The zero-order valence-electron chi connectivity index (χ0n) is 11.5. The lowest BCUT2D eigenvalue weighted by Crippen LogP contribution is -2.54. The molecule has 3 heteroatoms. The molecule has 0 saturated carbocycles. The molecule has 0 aliphatic carbocycles. The maximum absolute atomic E-state index is 6.26. The number of hydrogen-bond acceptors (Lipinski definition) is 2. The molecule has 1 atom stereocenters. The van der Waals surface area contributed by atoms with Crippen LogP contribution in [-0.4, -0.2) is 16.6 Å². The third-order valence-electron chi connectivity index (χ3n) is 3.58. The van der Waals surface area contributed by atoms with Gasteiger partial charge in [0.1, 0.15) is 6.26 Å². The summed E-state index contributed by atoms with van der Waals surface area (Å²) in [5, 5.41) is 2.83. The molecule has 0 aromatic carbocycles. The Morgan fingerprint density at radius 2 is 1.75 bits per heavy atom. The Labute approximate surface area is 105 Å². The molecule has 1 aliphatic rings. The van der Waals surface area contributed by atoms with E-state index in [1.807, 2.05) is 5.06 Å². The molecule has 1 aliphatic heterocycles. The summed E-state index contributed by atoms with van der Waals surface area (Å²) in [5.74, 6) is 0.494. The van der Waals surface area contributed by atoms with E-state index in [0.717, 1.165) is 5.03 Å². The Bertz CT molecular complexity index is 289. The second kappa shape index (κ2) is 4.23. The van der Waals surface area contributed by atoms with E-state index >= 15 is 0 Å². The van der Waals surface area contributed by atoms with Crippen LogP contribution in [0.5, 0.6) is 0 Å². The largest absolute Gasteiger partial charge is 0.411 e. The molecular formula is C13H24ClNO. The Balaban J connectivity index is 3.01. The topological polar surface area (TPSA) is 12.5 Å². The highest BCUT2D eigenvalue weighted by molar-refractivity contribution is 6.30. The first-order valence-electron chi connectivity index (χ1n) is 5.90. The van der Waals surface area contributed by atoms with Gasteiger partial charge in [-0.15, -0.1) is 5.06 Å². The van der Waals surface area contributed by atoms with Gasteiger partial charge in [0.2, 0.25) is 0 Å². The minimum atomic E-state index is -0.0366. The molecule has 0 saturated heterocycles. The smallest absolute Gasteiger partial charge is 0.127 e. The molecule has 94 valence electrons. The minimum Gasteiger partial charge on any atom is -0.411 e. The molecule has 0 amide bonds. The molecule has 1 unspecified atom stereocenters. The van der Waals surface area contributed by atoms with Gasteiger partial charge in [0.25, 0.3) is 0 Å². The van der Waals surface area contributed by atoms with Crippen molar-refractivity contribution in [3.05, 3.63) is 11.3 Å². The van der Waals surface area contributed by atoms with Gasteiger partial charge in [0.15, 0.2) is 0 Å². The summed E-state index contributed by atoms with van der Waals surface area (Å²) in [5.41, 5.74) is 0.0291. The normalized spacial score (nSPS) is 23.6. The quantitative estimate of drug-likeness (QED) is 0.724. The van der Waals surface area contributed by atoms with Crippen molar-refractivity contribution in [3.63, 3.8) is 0 Å². The molecule has 0 N–H and O–H groups in total. The van der Waals surface area contributed by atoms with Gasteiger partial charge in [-0.1, -0.05) is 46.2 Å². The van der Waals surface area contributed by atoms with Crippen LogP contribution in [0.2, 0.25) is 0 Å². The SMILES string of the molecule is CC(C)C(C)(C)N1OC=C(Cl)C1C(C)(C)C. The maximum atomic E-state index is 6.26. The van der Waals surface area contributed by atoms with Crippen molar-refractivity contribution < 1.29 is 4.84 Å². The molecule has 0 spiro atoms. The van der Waals surface area contributed by atoms with Crippen LogP contribution in [0.4, 0.5) is 0 Å². The van der Waals surface area contributed by atoms with E-state index in [1.54, 1.807) is 6.26 Å². The standard InChI is InChI=1S/C13H24ClNO/c1-9(2)13(6,7)15-11(12(3,4)5)10(14)8-16-15/h8-9,11H,1-7H3. The van der Waals surface area contributed by atoms with Gasteiger partial charge in [-0.05, 0) is 25.2 Å². The fraction of sp³-hybridized carbons (Fsp3) is 0.846. The molecule has 0 fully saturated rings. The van der Waals surface area contributed by atoms with Gasteiger partial charge in [-0.3, -0.25) is 0 Å². The van der Waals surface area contributed by atoms with Gasteiger partial charge in [-0.2, -0.15) is 0 Å². The molecule has 0 bridgehead atoms. The second-order valence-corrected chi connectivity index (χ2v) is 6.95. The van der Waals surface area contributed by atoms with Crippen molar-refractivity contribution in [1.29, 1.82) is 0 Å². The molecule has 16 heavy (non-hydrogen) atoms. The lowest BCUT2D eigenvalue weighted by Gasteiger charge is -2.44. The van der Waals surface area contributed by atoms with Crippen LogP contribution < -0.4 is 0 Å². The van der Waals surface area contributed by atoms with Gasteiger partial charge >= 0.3 is 0 Å². The predicted molar refractivity (Wildman–Crippen MR) is 69.0 cm³/mol. The number of nitrogens with zero attached hydrogens (tertiary/aromatic N) is 1. The van der Waals surface area contributed by atoms with Crippen molar-refractivity contribution >= 4 is 11.6 Å². The zero-order valence-corrected chi connectivity index (χ0v) is 12.2. The molecule has 1 heterocycles. The molecule has 2 nitrogen and oxygen atoms in total. The average molecular weight is 246 g/mol. The summed E-state index contributed by atoms with van der Waals surface area (Å²) in [6.07, 6.45) is 1.67. The lowest BCUT2D eigenvalue weighted by atomic mass is 9.82. The van der Waals surface area contributed by atoms with Gasteiger partial charge < -0.3 is 4.84 Å². The van der Waals surface area contributed by atoms with Crippen molar-refractivity contribution in [2.24, 2.45) is 11.3 Å². The van der Waals surface area contributed by atoms with Crippen LogP contribution >= 0.6 is 11.6 Å². The first-order valence-corrected chi connectivity index (χ1v) is 6.28. The van der Waals surface area contributed by atoms with Gasteiger partial charge in [-0.25, -0.2) is 0 Å². The van der Waals surface area contributed by atoms with E-state index in [0.29, 0.717) is 5.92 Å². The molecule has 0 aromatic rings. The van der Waals surface area contributed by atoms with Gasteiger partial charge in [0, 0.05) is 0 Å². The number of halogens is 1. The van der Waals surface area contributed by atoms with Crippen LogP contribution in [0.25, 0.3) is 0 Å². The molecular weight excluding hydrogens is 222 g/mol. The fourth-order valence-electron chi connectivity index (χ4n) is 1.83. The Morgan fingerprint density at radius 1 is 1.25 bits per heavy atom. The summed E-state index contributed by atoms with van der Waals surface area (Å²) < 4.78 is 0. The van der Waals surface area contributed by atoms with Crippen molar-refractivity contribution in [2.75, 3.05) is 0 Å². The van der Waals surface area contributed by atoms with E-state index in [-0.39, 0.29) is 17.0 Å². The van der Waals surface area contributed by atoms with Crippen molar-refractivity contribution in [3.8, 4) is 0 Å². The highest BCUT2D eigenvalue weighted by atomic mass is 35.5. The summed E-state index contributed by atoms with van der Waals surface area (Å²) in [6.45, 7) is 15.4. The monoisotopic (exact) mass is 245 g/mol. The van der Waals surface area contributed by atoms with Crippen LogP contribution in [0.15, 0.2) is 11.3 Å². The van der Waals surface area contributed by atoms with Crippen molar-refractivity contribution in [1.82, 2.24) is 5.06 Å². The van der Waals surface area contributed by atoms with Crippen LogP contribution in [0.3, 0.4) is 0 Å². The third-order valence-corrected chi connectivity index (χ3v) is 3.87. The van der Waals surface area contributed by atoms with E-state index in [9.17, 15) is 0 Å². The highest BCUT2D eigenvalue weighted by Gasteiger charge is 2.46. The maximum Gasteiger partial charge on any atom is 0.127 e. The predicted octanol–water partition coefficient (Wildman–Crippen LogP) is 4.16. The third kappa shape index (κ3) is 2.38. The minimum absolute atomic E-state index is 0.0366. The summed E-state index contributed by atoms with van der Waals surface area (Å²) in [4.78, 5) is 5.67. The average Bonchev–Trinajstić information content (AvgIpc) is 2.46. The first kappa shape index (κ1) is 13.9.